The molecule has 2 heterocycles. The highest BCUT2D eigenvalue weighted by atomic mass is 16.3. The fourth-order valence-electron chi connectivity index (χ4n) is 3.92. The molecular weight excluding hydrogens is 342 g/mol. The highest BCUT2D eigenvalue weighted by Crippen LogP contribution is 2.28. The van der Waals surface area contributed by atoms with Crippen molar-refractivity contribution in [2.75, 3.05) is 0 Å². The molecule has 6 nitrogen and oxygen atoms in total. The van der Waals surface area contributed by atoms with Gasteiger partial charge < -0.3 is 9.73 Å². The van der Waals surface area contributed by atoms with Crippen molar-refractivity contribution in [1.29, 1.82) is 0 Å². The molecule has 1 aromatic carbocycles. The molecule has 0 saturated heterocycles. The molecule has 6 heteroatoms. The van der Waals surface area contributed by atoms with Gasteiger partial charge in [0.1, 0.15) is 11.5 Å². The van der Waals surface area contributed by atoms with Gasteiger partial charge in [0, 0.05) is 5.39 Å². The van der Waals surface area contributed by atoms with Gasteiger partial charge in [0.2, 0.25) is 0 Å². The van der Waals surface area contributed by atoms with Crippen LogP contribution in [0, 0.1) is 13.8 Å². The first kappa shape index (κ1) is 17.5. The van der Waals surface area contributed by atoms with Crippen LogP contribution >= 0.6 is 0 Å². The van der Waals surface area contributed by atoms with E-state index in [1.807, 2.05) is 31.2 Å². The van der Waals surface area contributed by atoms with Crippen molar-refractivity contribution in [2.45, 2.75) is 52.1 Å². The Hall–Kier alpha value is -2.89. The standard InChI is InChI=1S/C21H23N3O3/c1-13-11-18(14(2)27-13)20(25)22-12-19-16-9-5-6-10-17(16)21(26)24(23-19)15-7-3-4-8-15/h5-6,9-11,15H,3-4,7-8,12H2,1-2H3,(H,22,25). The van der Waals surface area contributed by atoms with Gasteiger partial charge in [0.25, 0.3) is 11.5 Å². The molecule has 0 atom stereocenters. The van der Waals surface area contributed by atoms with Crippen molar-refractivity contribution in [1.82, 2.24) is 15.1 Å². The van der Waals surface area contributed by atoms with Crippen molar-refractivity contribution in [3.8, 4) is 0 Å². The molecule has 27 heavy (non-hydrogen) atoms. The number of hydrogen-bond acceptors (Lipinski definition) is 4. The predicted molar refractivity (Wildman–Crippen MR) is 103 cm³/mol. The second-order valence-corrected chi connectivity index (χ2v) is 7.19. The van der Waals surface area contributed by atoms with Crippen LogP contribution in [0.15, 0.2) is 39.5 Å². The first-order valence-electron chi connectivity index (χ1n) is 9.40. The summed E-state index contributed by atoms with van der Waals surface area (Å²) in [5, 5.41) is 9.00. The van der Waals surface area contributed by atoms with Crippen LogP contribution in [0.3, 0.4) is 0 Å². The molecule has 140 valence electrons. The van der Waals surface area contributed by atoms with Crippen molar-refractivity contribution in [2.24, 2.45) is 0 Å². The monoisotopic (exact) mass is 365 g/mol. The molecule has 1 saturated carbocycles. The molecule has 4 rings (SSSR count). The van der Waals surface area contributed by atoms with Gasteiger partial charge in [-0.15, -0.1) is 0 Å². The number of aryl methyl sites for hydroxylation is 2. The van der Waals surface area contributed by atoms with E-state index in [4.69, 9.17) is 4.42 Å². The minimum Gasteiger partial charge on any atom is -0.466 e. The number of carbonyl (C=O) groups is 1. The predicted octanol–water partition coefficient (Wildman–Crippen LogP) is 3.65. The number of amides is 1. The zero-order chi connectivity index (χ0) is 19.0. The average Bonchev–Trinajstić information content (AvgIpc) is 3.30. The Morgan fingerprint density at radius 3 is 2.59 bits per heavy atom. The lowest BCUT2D eigenvalue weighted by Crippen LogP contribution is -2.30. The topological polar surface area (TPSA) is 77.1 Å². The van der Waals surface area contributed by atoms with Gasteiger partial charge in [0.05, 0.1) is 29.2 Å². The number of nitrogens with zero attached hydrogens (tertiary/aromatic N) is 2. The zero-order valence-corrected chi connectivity index (χ0v) is 15.6. The van der Waals surface area contributed by atoms with Crippen molar-refractivity contribution in [3.05, 3.63) is 63.5 Å². The van der Waals surface area contributed by atoms with E-state index in [-0.39, 0.29) is 24.1 Å². The van der Waals surface area contributed by atoms with E-state index in [0.29, 0.717) is 28.2 Å². The molecule has 0 spiro atoms. The summed E-state index contributed by atoms with van der Waals surface area (Å²) in [5.74, 6) is 1.10. The Kier molecular flexibility index (Phi) is 4.56. The third kappa shape index (κ3) is 3.27. The van der Waals surface area contributed by atoms with E-state index >= 15 is 0 Å². The Morgan fingerprint density at radius 2 is 1.93 bits per heavy atom. The molecule has 0 aliphatic heterocycles. The summed E-state index contributed by atoms with van der Waals surface area (Å²) >= 11 is 0. The van der Waals surface area contributed by atoms with Crippen molar-refractivity contribution in [3.63, 3.8) is 0 Å². The lowest BCUT2D eigenvalue weighted by Gasteiger charge is -2.16. The van der Waals surface area contributed by atoms with E-state index in [1.54, 1.807) is 17.7 Å². The fraction of sp³-hybridized carbons (Fsp3) is 0.381. The minimum atomic E-state index is -0.200. The van der Waals surface area contributed by atoms with E-state index in [0.717, 1.165) is 31.1 Å². The fourth-order valence-corrected chi connectivity index (χ4v) is 3.92. The third-order valence-electron chi connectivity index (χ3n) is 5.28. The molecule has 0 bridgehead atoms. The Labute approximate surface area is 157 Å². The largest absolute Gasteiger partial charge is 0.466 e. The lowest BCUT2D eigenvalue weighted by atomic mass is 10.1. The number of furan rings is 1. The maximum absolute atomic E-state index is 12.9. The smallest absolute Gasteiger partial charge is 0.274 e. The zero-order valence-electron chi connectivity index (χ0n) is 15.6. The maximum Gasteiger partial charge on any atom is 0.274 e. The average molecular weight is 365 g/mol. The highest BCUT2D eigenvalue weighted by molar-refractivity contribution is 5.95. The first-order valence-corrected chi connectivity index (χ1v) is 9.40. The highest BCUT2D eigenvalue weighted by Gasteiger charge is 2.22. The summed E-state index contributed by atoms with van der Waals surface area (Å²) in [6.45, 7) is 3.85. The molecular formula is C21H23N3O3. The molecule has 1 aliphatic carbocycles. The molecule has 1 amide bonds. The van der Waals surface area contributed by atoms with E-state index in [9.17, 15) is 9.59 Å². The molecule has 0 unspecified atom stereocenters. The van der Waals surface area contributed by atoms with Crippen LogP contribution in [-0.2, 0) is 6.54 Å². The Bertz CT molecular complexity index is 1060. The summed E-state index contributed by atoms with van der Waals surface area (Å²) in [5.41, 5.74) is 1.19. The number of benzene rings is 1. The van der Waals surface area contributed by atoms with Crippen LogP contribution < -0.4 is 10.9 Å². The molecule has 2 aromatic heterocycles. The SMILES string of the molecule is Cc1cc(C(=O)NCc2nn(C3CCCC3)c(=O)c3ccccc23)c(C)o1. The van der Waals surface area contributed by atoms with E-state index < -0.39 is 0 Å². The maximum atomic E-state index is 12.9. The van der Waals surface area contributed by atoms with Gasteiger partial charge in [-0.3, -0.25) is 9.59 Å². The second-order valence-electron chi connectivity index (χ2n) is 7.19. The van der Waals surface area contributed by atoms with Crippen LogP contribution in [0.5, 0.6) is 0 Å². The first-order chi connectivity index (χ1) is 13.0. The van der Waals surface area contributed by atoms with Crippen LogP contribution in [0.2, 0.25) is 0 Å². The number of hydrogen-bond donors (Lipinski definition) is 1. The Morgan fingerprint density at radius 1 is 1.22 bits per heavy atom. The van der Waals surface area contributed by atoms with Crippen LogP contribution in [0.25, 0.3) is 10.8 Å². The van der Waals surface area contributed by atoms with Gasteiger partial charge in [-0.25, -0.2) is 4.68 Å². The Balaban J connectivity index is 1.68. The van der Waals surface area contributed by atoms with Crippen LogP contribution in [0.1, 0.15) is 59.3 Å². The quantitative estimate of drug-likeness (QED) is 0.765. The molecule has 1 fully saturated rings. The van der Waals surface area contributed by atoms with Gasteiger partial charge in [-0.1, -0.05) is 31.0 Å². The summed E-state index contributed by atoms with van der Waals surface area (Å²) < 4.78 is 7.07. The molecule has 1 N–H and O–H groups in total. The van der Waals surface area contributed by atoms with Crippen LogP contribution in [-0.4, -0.2) is 15.7 Å². The van der Waals surface area contributed by atoms with Crippen molar-refractivity contribution >= 4 is 16.7 Å². The number of aromatic nitrogens is 2. The molecule has 3 aromatic rings. The van der Waals surface area contributed by atoms with E-state index in [2.05, 4.69) is 10.4 Å². The van der Waals surface area contributed by atoms with E-state index in [1.165, 1.54) is 0 Å². The molecule has 0 radical (unpaired) electrons. The number of carbonyl (C=O) groups excluding carboxylic acids is 1. The lowest BCUT2D eigenvalue weighted by molar-refractivity contribution is 0.0949. The summed E-state index contributed by atoms with van der Waals surface area (Å²) in [6, 6.07) is 9.35. The van der Waals surface area contributed by atoms with Gasteiger partial charge in [0.15, 0.2) is 0 Å². The minimum absolute atomic E-state index is 0.0473. The number of rotatable bonds is 4. The van der Waals surface area contributed by atoms with Gasteiger partial charge >= 0.3 is 0 Å². The second kappa shape index (κ2) is 7.02. The van der Waals surface area contributed by atoms with Crippen molar-refractivity contribution < 1.29 is 9.21 Å². The molecule has 1 aliphatic rings. The summed E-state index contributed by atoms with van der Waals surface area (Å²) in [6.07, 6.45) is 4.20. The van der Waals surface area contributed by atoms with Crippen LogP contribution in [0.4, 0.5) is 0 Å². The number of nitrogens with one attached hydrogen (secondary N) is 1. The summed E-state index contributed by atoms with van der Waals surface area (Å²) in [4.78, 5) is 25.4. The number of fused-ring (bicyclic) bond motifs is 1. The normalized spacial score (nSPS) is 14.7. The van der Waals surface area contributed by atoms with Gasteiger partial charge in [-0.2, -0.15) is 5.10 Å². The van der Waals surface area contributed by atoms with Gasteiger partial charge in [-0.05, 0) is 38.8 Å². The summed E-state index contributed by atoms with van der Waals surface area (Å²) in [7, 11) is 0. The third-order valence-corrected chi connectivity index (χ3v) is 5.28.